The lowest BCUT2D eigenvalue weighted by Gasteiger charge is -2.06. The van der Waals surface area contributed by atoms with Gasteiger partial charge in [-0.15, -0.1) is 0 Å². The van der Waals surface area contributed by atoms with E-state index in [4.69, 9.17) is 9.40 Å². The fourth-order valence-corrected chi connectivity index (χ4v) is 3.29. The maximum Gasteiger partial charge on any atom is 0.237 e. The Kier molecular flexibility index (Phi) is 3.49. The van der Waals surface area contributed by atoms with E-state index in [0.717, 1.165) is 34.0 Å². The molecule has 1 aromatic carbocycles. The van der Waals surface area contributed by atoms with Crippen LogP contribution >= 0.6 is 0 Å². The second kappa shape index (κ2) is 6.03. The molecule has 136 valence electrons. The Bertz CT molecular complexity index is 1380. The van der Waals surface area contributed by atoms with Crippen LogP contribution in [0.5, 0.6) is 0 Å². The van der Waals surface area contributed by atoms with Crippen LogP contribution in [0.15, 0.2) is 47.3 Å². The minimum Gasteiger partial charge on any atom is -0.464 e. The molecule has 0 aliphatic heterocycles. The zero-order valence-electron chi connectivity index (χ0n) is 15.3. The van der Waals surface area contributed by atoms with E-state index in [1.54, 1.807) is 29.2 Å². The van der Waals surface area contributed by atoms with Crippen molar-refractivity contribution in [3.05, 3.63) is 65.8 Å². The van der Waals surface area contributed by atoms with Gasteiger partial charge in [0.15, 0.2) is 5.65 Å². The monoisotopic (exact) mass is 369 g/mol. The molecule has 0 unspecified atom stereocenters. The van der Waals surface area contributed by atoms with Crippen LogP contribution in [-0.2, 0) is 6.54 Å². The van der Waals surface area contributed by atoms with E-state index in [0.29, 0.717) is 23.6 Å². The first-order valence-electron chi connectivity index (χ1n) is 8.75. The summed E-state index contributed by atoms with van der Waals surface area (Å²) in [6.45, 7) is 4.39. The summed E-state index contributed by atoms with van der Waals surface area (Å²) >= 11 is 0. The Morgan fingerprint density at radius 2 is 1.96 bits per heavy atom. The summed E-state index contributed by atoms with van der Waals surface area (Å²) in [6, 6.07) is 11.4. The quantitative estimate of drug-likeness (QED) is 0.484. The molecule has 8 heteroatoms. The third-order valence-corrected chi connectivity index (χ3v) is 4.67. The van der Waals surface area contributed by atoms with Gasteiger partial charge in [0.1, 0.15) is 29.2 Å². The number of hydrogen-bond acceptors (Lipinski definition) is 6. The zero-order valence-corrected chi connectivity index (χ0v) is 15.3. The normalized spacial score (nSPS) is 11.3. The fourth-order valence-electron chi connectivity index (χ4n) is 3.29. The molecule has 0 spiro atoms. The highest BCUT2D eigenvalue weighted by Gasteiger charge is 2.15. The molecule has 0 radical (unpaired) electrons. The van der Waals surface area contributed by atoms with Gasteiger partial charge >= 0.3 is 0 Å². The average molecular weight is 369 g/mol. The van der Waals surface area contributed by atoms with E-state index in [-0.39, 0.29) is 0 Å². The summed E-state index contributed by atoms with van der Waals surface area (Å²) in [5, 5.41) is 9.19. The summed E-state index contributed by atoms with van der Waals surface area (Å²) in [7, 11) is 0. The van der Waals surface area contributed by atoms with Crippen molar-refractivity contribution in [1.82, 2.24) is 29.1 Å². The Morgan fingerprint density at radius 1 is 1.07 bits per heavy atom. The smallest absolute Gasteiger partial charge is 0.237 e. The number of hydrogen-bond donors (Lipinski definition) is 0. The van der Waals surface area contributed by atoms with Crippen molar-refractivity contribution in [3.63, 3.8) is 0 Å². The van der Waals surface area contributed by atoms with Crippen molar-refractivity contribution in [2.45, 2.75) is 20.4 Å². The Balaban J connectivity index is 1.66. The molecule has 0 amide bonds. The molecule has 0 N–H and O–H groups in total. The Labute approximate surface area is 159 Å². The van der Waals surface area contributed by atoms with Gasteiger partial charge in [0.05, 0.1) is 35.4 Å². The highest BCUT2D eigenvalue weighted by atomic mass is 16.3. The number of benzene rings is 1. The first-order chi connectivity index (χ1) is 13.6. The first-order valence-corrected chi connectivity index (χ1v) is 8.75. The van der Waals surface area contributed by atoms with Crippen molar-refractivity contribution in [1.29, 1.82) is 5.26 Å². The highest BCUT2D eigenvalue weighted by molar-refractivity contribution is 5.79. The molecule has 0 saturated carbocycles. The maximum atomic E-state index is 9.19. The minimum atomic E-state index is 0.474. The van der Waals surface area contributed by atoms with Crippen molar-refractivity contribution in [2.24, 2.45) is 0 Å². The van der Waals surface area contributed by atoms with Crippen LogP contribution in [0.25, 0.3) is 28.1 Å². The van der Waals surface area contributed by atoms with E-state index in [9.17, 15) is 5.26 Å². The molecule has 28 heavy (non-hydrogen) atoms. The Hall–Kier alpha value is -3.99. The summed E-state index contributed by atoms with van der Waals surface area (Å²) in [6.07, 6.45) is 3.37. The molecular formula is C20H15N7O. The lowest BCUT2D eigenvalue weighted by atomic mass is 10.2. The molecule has 0 aliphatic carbocycles. The van der Waals surface area contributed by atoms with E-state index in [1.807, 2.05) is 36.6 Å². The second-order valence-electron chi connectivity index (χ2n) is 6.57. The van der Waals surface area contributed by atoms with Crippen LogP contribution in [-0.4, -0.2) is 29.1 Å². The molecule has 0 aliphatic rings. The van der Waals surface area contributed by atoms with Crippen LogP contribution < -0.4 is 0 Å². The molecule has 4 heterocycles. The van der Waals surface area contributed by atoms with Crippen LogP contribution in [0.3, 0.4) is 0 Å². The van der Waals surface area contributed by atoms with Gasteiger partial charge in [0.2, 0.25) is 5.95 Å². The van der Waals surface area contributed by atoms with Gasteiger partial charge in [0.25, 0.3) is 0 Å². The van der Waals surface area contributed by atoms with Crippen LogP contribution in [0.2, 0.25) is 0 Å². The van der Waals surface area contributed by atoms with Crippen LogP contribution in [0.1, 0.15) is 22.9 Å². The number of nitrogens with zero attached hydrogens (tertiary/aromatic N) is 7. The summed E-state index contributed by atoms with van der Waals surface area (Å²) < 4.78 is 9.48. The lowest BCUT2D eigenvalue weighted by molar-refractivity contribution is 0.470. The summed E-state index contributed by atoms with van der Waals surface area (Å²) in [5.41, 5.74) is 3.55. The second-order valence-corrected chi connectivity index (χ2v) is 6.57. The molecular weight excluding hydrogens is 354 g/mol. The predicted octanol–water partition coefficient (Wildman–Crippen LogP) is 3.30. The van der Waals surface area contributed by atoms with E-state index in [1.165, 1.54) is 0 Å². The average Bonchev–Trinajstić information content (AvgIpc) is 3.39. The fraction of sp³-hybridized carbons (Fsp3) is 0.150. The van der Waals surface area contributed by atoms with E-state index >= 15 is 0 Å². The number of fused-ring (bicyclic) bond motifs is 2. The van der Waals surface area contributed by atoms with Gasteiger partial charge in [-0.1, -0.05) is 0 Å². The van der Waals surface area contributed by atoms with Crippen molar-refractivity contribution < 1.29 is 4.42 Å². The topological polar surface area (TPSA) is 98.3 Å². The first kappa shape index (κ1) is 16.2. The van der Waals surface area contributed by atoms with E-state index in [2.05, 4.69) is 21.0 Å². The molecule has 4 aromatic heterocycles. The van der Waals surface area contributed by atoms with Crippen molar-refractivity contribution >= 4 is 22.2 Å². The van der Waals surface area contributed by atoms with Gasteiger partial charge in [-0.05, 0) is 44.2 Å². The predicted molar refractivity (Wildman–Crippen MR) is 102 cm³/mol. The zero-order chi connectivity index (χ0) is 19.3. The molecule has 0 fully saturated rings. The van der Waals surface area contributed by atoms with Gasteiger partial charge < -0.3 is 8.98 Å². The maximum absolute atomic E-state index is 9.19. The van der Waals surface area contributed by atoms with Gasteiger partial charge in [-0.2, -0.15) is 10.2 Å². The largest absolute Gasteiger partial charge is 0.464 e. The molecule has 0 saturated heterocycles. The number of imidazole rings is 2. The molecule has 5 rings (SSSR count). The van der Waals surface area contributed by atoms with Gasteiger partial charge in [0, 0.05) is 0 Å². The van der Waals surface area contributed by atoms with Gasteiger partial charge in [-0.3, -0.25) is 4.57 Å². The summed E-state index contributed by atoms with van der Waals surface area (Å²) in [5.74, 6) is 3.01. The standard InChI is InChI=1S/C20H15N7O/c1-12-3-5-15(28-12)10-26-13(2)24-17-9-22-20(25-19(17)26)27-11-23-16-6-4-14(8-21)7-18(16)27/h3-7,9,11H,10H2,1-2H3. The summed E-state index contributed by atoms with van der Waals surface area (Å²) in [4.78, 5) is 18.1. The van der Waals surface area contributed by atoms with Crippen molar-refractivity contribution in [3.8, 4) is 12.0 Å². The molecule has 0 atom stereocenters. The number of rotatable bonds is 3. The SMILES string of the molecule is Cc1ccc(Cn2c(C)nc3cnc(-n4cnc5ccc(C#N)cc54)nc32)o1. The molecule has 0 bridgehead atoms. The number of furan rings is 1. The highest BCUT2D eigenvalue weighted by Crippen LogP contribution is 2.21. The Morgan fingerprint density at radius 3 is 2.75 bits per heavy atom. The van der Waals surface area contributed by atoms with E-state index < -0.39 is 0 Å². The molecule has 8 nitrogen and oxygen atoms in total. The minimum absolute atomic E-state index is 0.474. The third kappa shape index (κ3) is 2.53. The molecule has 5 aromatic rings. The van der Waals surface area contributed by atoms with Crippen molar-refractivity contribution in [2.75, 3.05) is 0 Å². The van der Waals surface area contributed by atoms with Gasteiger partial charge in [-0.25, -0.2) is 15.0 Å². The number of nitriles is 1. The number of aromatic nitrogens is 6. The third-order valence-electron chi connectivity index (χ3n) is 4.67. The van der Waals surface area contributed by atoms with Crippen LogP contribution in [0, 0.1) is 25.2 Å². The lowest BCUT2D eigenvalue weighted by Crippen LogP contribution is -2.05. The number of aryl methyl sites for hydroxylation is 2. The van der Waals surface area contributed by atoms with Crippen LogP contribution in [0.4, 0.5) is 0 Å².